The molecule has 0 saturated carbocycles. The van der Waals surface area contributed by atoms with E-state index in [-0.39, 0.29) is 11.2 Å². The second-order valence-corrected chi connectivity index (χ2v) is 7.56. The van der Waals surface area contributed by atoms with Gasteiger partial charge in [0, 0.05) is 53.9 Å². The highest BCUT2D eigenvalue weighted by Gasteiger charge is 2.23. The molecule has 0 unspecified atom stereocenters. The summed E-state index contributed by atoms with van der Waals surface area (Å²) in [7, 11) is 0. The van der Waals surface area contributed by atoms with Crippen molar-refractivity contribution in [3.8, 4) is 5.75 Å². The van der Waals surface area contributed by atoms with Crippen LogP contribution in [0.15, 0.2) is 24.4 Å². The van der Waals surface area contributed by atoms with Crippen LogP contribution in [0.4, 0.5) is 0 Å². The minimum Gasteiger partial charge on any atom is -0.508 e. The van der Waals surface area contributed by atoms with Crippen molar-refractivity contribution in [2.75, 3.05) is 6.54 Å². The van der Waals surface area contributed by atoms with Crippen molar-refractivity contribution in [3.05, 3.63) is 52.1 Å². The summed E-state index contributed by atoms with van der Waals surface area (Å²) < 4.78 is 0. The van der Waals surface area contributed by atoms with Gasteiger partial charge in [-0.1, -0.05) is 38.4 Å². The molecule has 1 aromatic carbocycles. The lowest BCUT2D eigenvalue weighted by Gasteiger charge is -2.29. The normalized spacial score (nSPS) is 15.5. The van der Waals surface area contributed by atoms with Gasteiger partial charge in [-0.05, 0) is 17.7 Å². The molecule has 0 bridgehead atoms. The van der Waals surface area contributed by atoms with Crippen LogP contribution in [0, 0.1) is 0 Å². The third-order valence-electron chi connectivity index (χ3n) is 4.11. The molecule has 23 heavy (non-hydrogen) atoms. The van der Waals surface area contributed by atoms with Gasteiger partial charge in [-0.25, -0.2) is 9.97 Å². The van der Waals surface area contributed by atoms with E-state index in [4.69, 9.17) is 16.6 Å². The zero-order valence-electron chi connectivity index (χ0n) is 13.8. The topological polar surface area (TPSA) is 49.2 Å². The molecule has 4 nitrogen and oxygen atoms in total. The standard InChI is InChI=1S/C18H22ClN3O/c1-18(2,3)17-20-9-13-11-22(7-6-16(13)21-17)10-12-4-5-14(23)8-15(12)19/h4-5,8-9,23H,6-7,10-11H2,1-3H3. The summed E-state index contributed by atoms with van der Waals surface area (Å²) in [6.07, 6.45) is 2.89. The molecule has 0 fully saturated rings. The first-order valence-corrected chi connectivity index (χ1v) is 8.26. The molecular weight excluding hydrogens is 310 g/mol. The largest absolute Gasteiger partial charge is 0.508 e. The predicted molar refractivity (Wildman–Crippen MR) is 91.7 cm³/mol. The Hall–Kier alpha value is -1.65. The third kappa shape index (κ3) is 3.65. The molecule has 0 atom stereocenters. The molecule has 2 aromatic rings. The van der Waals surface area contributed by atoms with E-state index < -0.39 is 0 Å². The molecule has 1 N–H and O–H groups in total. The molecule has 122 valence electrons. The number of rotatable bonds is 2. The number of aromatic nitrogens is 2. The van der Waals surface area contributed by atoms with Gasteiger partial charge in [-0.3, -0.25) is 4.90 Å². The van der Waals surface area contributed by atoms with E-state index in [9.17, 15) is 5.11 Å². The zero-order chi connectivity index (χ0) is 16.6. The fraction of sp³-hybridized carbons (Fsp3) is 0.444. The Morgan fingerprint density at radius 1 is 1.30 bits per heavy atom. The van der Waals surface area contributed by atoms with Crippen LogP contribution in [-0.4, -0.2) is 26.5 Å². The van der Waals surface area contributed by atoms with Gasteiger partial charge in [0.25, 0.3) is 0 Å². The van der Waals surface area contributed by atoms with E-state index >= 15 is 0 Å². The second-order valence-electron chi connectivity index (χ2n) is 7.15. The van der Waals surface area contributed by atoms with E-state index in [1.54, 1.807) is 12.1 Å². The van der Waals surface area contributed by atoms with Gasteiger partial charge in [0.1, 0.15) is 11.6 Å². The van der Waals surface area contributed by atoms with Crippen molar-refractivity contribution in [2.45, 2.75) is 45.7 Å². The van der Waals surface area contributed by atoms with E-state index in [0.717, 1.165) is 43.1 Å². The first-order chi connectivity index (χ1) is 10.8. The summed E-state index contributed by atoms with van der Waals surface area (Å²) in [6, 6.07) is 5.15. The molecule has 5 heteroatoms. The SMILES string of the molecule is CC(C)(C)c1ncc2c(n1)CCN(Cc1ccc(O)cc1Cl)C2. The van der Waals surface area contributed by atoms with Crippen molar-refractivity contribution < 1.29 is 5.11 Å². The lowest BCUT2D eigenvalue weighted by atomic mass is 9.95. The van der Waals surface area contributed by atoms with Crippen LogP contribution >= 0.6 is 11.6 Å². The van der Waals surface area contributed by atoms with Gasteiger partial charge in [0.05, 0.1) is 0 Å². The minimum atomic E-state index is -0.0221. The molecule has 0 aliphatic carbocycles. The van der Waals surface area contributed by atoms with Crippen LogP contribution in [0.2, 0.25) is 5.02 Å². The van der Waals surface area contributed by atoms with Crippen LogP contribution in [0.25, 0.3) is 0 Å². The van der Waals surface area contributed by atoms with Gasteiger partial charge in [0.2, 0.25) is 0 Å². The molecule has 0 amide bonds. The Kier molecular flexibility index (Phi) is 4.30. The maximum Gasteiger partial charge on any atom is 0.133 e. The van der Waals surface area contributed by atoms with Crippen molar-refractivity contribution in [2.24, 2.45) is 0 Å². The minimum absolute atomic E-state index is 0.0221. The fourth-order valence-corrected chi connectivity index (χ4v) is 3.01. The van der Waals surface area contributed by atoms with Crippen molar-refractivity contribution in [3.63, 3.8) is 0 Å². The summed E-state index contributed by atoms with van der Waals surface area (Å²) in [5.74, 6) is 1.11. The van der Waals surface area contributed by atoms with Crippen LogP contribution in [0.3, 0.4) is 0 Å². The molecule has 3 rings (SSSR count). The summed E-state index contributed by atoms with van der Waals surface area (Å²) in [5.41, 5.74) is 3.36. The molecular formula is C18H22ClN3O. The Bertz CT molecular complexity index is 725. The maximum atomic E-state index is 9.45. The molecule has 0 spiro atoms. The molecule has 0 saturated heterocycles. The Balaban J connectivity index is 1.75. The number of nitrogens with zero attached hydrogens (tertiary/aromatic N) is 3. The Labute approximate surface area is 142 Å². The first-order valence-electron chi connectivity index (χ1n) is 7.88. The van der Waals surface area contributed by atoms with Crippen molar-refractivity contribution >= 4 is 11.6 Å². The van der Waals surface area contributed by atoms with Gasteiger partial charge >= 0.3 is 0 Å². The summed E-state index contributed by atoms with van der Waals surface area (Å²) >= 11 is 6.21. The van der Waals surface area contributed by atoms with Crippen LogP contribution in [0.5, 0.6) is 5.75 Å². The summed E-state index contributed by atoms with van der Waals surface area (Å²) in [6.45, 7) is 8.95. The number of fused-ring (bicyclic) bond motifs is 1. The number of halogens is 1. The van der Waals surface area contributed by atoms with Gasteiger partial charge in [-0.15, -0.1) is 0 Å². The predicted octanol–water partition coefficient (Wildman–Crippen LogP) is 3.69. The molecule has 1 aliphatic heterocycles. The summed E-state index contributed by atoms with van der Waals surface area (Å²) in [4.78, 5) is 11.6. The second kappa shape index (κ2) is 6.10. The quantitative estimate of drug-likeness (QED) is 0.911. The number of phenols is 1. The van der Waals surface area contributed by atoms with Gasteiger partial charge in [-0.2, -0.15) is 0 Å². The molecule has 1 aromatic heterocycles. The highest BCUT2D eigenvalue weighted by atomic mass is 35.5. The molecule has 0 radical (unpaired) electrons. The van der Waals surface area contributed by atoms with Crippen molar-refractivity contribution in [1.29, 1.82) is 0 Å². The van der Waals surface area contributed by atoms with E-state index in [1.165, 1.54) is 5.56 Å². The lowest BCUT2D eigenvalue weighted by molar-refractivity contribution is 0.242. The molecule has 2 heterocycles. The molecule has 1 aliphatic rings. The first kappa shape index (κ1) is 16.2. The van der Waals surface area contributed by atoms with E-state index in [0.29, 0.717) is 5.02 Å². The van der Waals surface area contributed by atoms with Crippen LogP contribution < -0.4 is 0 Å². The Morgan fingerprint density at radius 3 is 2.78 bits per heavy atom. The van der Waals surface area contributed by atoms with E-state index in [1.807, 2.05) is 12.3 Å². The maximum absolute atomic E-state index is 9.45. The average molecular weight is 332 g/mol. The van der Waals surface area contributed by atoms with E-state index in [2.05, 4.69) is 30.7 Å². The summed E-state index contributed by atoms with van der Waals surface area (Å²) in [5, 5.41) is 10.1. The highest BCUT2D eigenvalue weighted by Crippen LogP contribution is 2.26. The third-order valence-corrected chi connectivity index (χ3v) is 4.47. The Morgan fingerprint density at radius 2 is 2.09 bits per heavy atom. The number of phenolic OH excluding ortho intramolecular Hbond substituents is 1. The number of hydrogen-bond acceptors (Lipinski definition) is 4. The smallest absolute Gasteiger partial charge is 0.133 e. The highest BCUT2D eigenvalue weighted by molar-refractivity contribution is 6.31. The zero-order valence-corrected chi connectivity index (χ0v) is 14.6. The lowest BCUT2D eigenvalue weighted by Crippen LogP contribution is -2.32. The number of aromatic hydroxyl groups is 1. The van der Waals surface area contributed by atoms with Crippen molar-refractivity contribution in [1.82, 2.24) is 14.9 Å². The van der Waals surface area contributed by atoms with Gasteiger partial charge < -0.3 is 5.11 Å². The van der Waals surface area contributed by atoms with Crippen LogP contribution in [-0.2, 0) is 24.9 Å². The monoisotopic (exact) mass is 331 g/mol. The number of benzene rings is 1. The van der Waals surface area contributed by atoms with Gasteiger partial charge in [0.15, 0.2) is 0 Å². The van der Waals surface area contributed by atoms with Crippen LogP contribution in [0.1, 0.15) is 43.4 Å². The average Bonchev–Trinajstić information content (AvgIpc) is 2.48. The fourth-order valence-electron chi connectivity index (χ4n) is 2.78. The number of hydrogen-bond donors (Lipinski definition) is 1.